The molecule has 3 heteroatoms. The van der Waals surface area contributed by atoms with Gasteiger partial charge < -0.3 is 10.1 Å². The number of rotatable bonds is 1. The van der Waals surface area contributed by atoms with Crippen molar-refractivity contribution in [2.24, 2.45) is 10.4 Å². The summed E-state index contributed by atoms with van der Waals surface area (Å²) in [7, 11) is 0. The van der Waals surface area contributed by atoms with Gasteiger partial charge >= 0.3 is 0 Å². The largest absolute Gasteiger partial charge is 0.475 e. The van der Waals surface area contributed by atoms with E-state index >= 15 is 0 Å². The fourth-order valence-corrected chi connectivity index (χ4v) is 2.02. The molecule has 0 amide bonds. The normalized spacial score (nSPS) is 32.1. The molecule has 0 saturated carbocycles. The van der Waals surface area contributed by atoms with E-state index in [2.05, 4.69) is 31.1 Å². The highest BCUT2D eigenvalue weighted by Crippen LogP contribution is 2.26. The van der Waals surface area contributed by atoms with Crippen molar-refractivity contribution >= 4 is 5.90 Å². The van der Waals surface area contributed by atoms with Gasteiger partial charge in [0.2, 0.25) is 0 Å². The number of hydrogen-bond donors (Lipinski definition) is 1. The van der Waals surface area contributed by atoms with Gasteiger partial charge in [0.15, 0.2) is 5.90 Å². The van der Waals surface area contributed by atoms with E-state index < -0.39 is 0 Å². The number of aliphatic imine (C=N–C) groups is 1. The molecule has 14 heavy (non-hydrogen) atoms. The van der Waals surface area contributed by atoms with Gasteiger partial charge in [-0.1, -0.05) is 20.8 Å². The van der Waals surface area contributed by atoms with E-state index in [4.69, 9.17) is 4.74 Å². The molecule has 1 saturated heterocycles. The van der Waals surface area contributed by atoms with E-state index in [0.29, 0.717) is 12.1 Å². The molecule has 2 atom stereocenters. The first-order valence-corrected chi connectivity index (χ1v) is 5.49. The number of fused-ring (bicyclic) bond motifs is 1. The van der Waals surface area contributed by atoms with Crippen LogP contribution in [0, 0.1) is 5.41 Å². The highest BCUT2D eigenvalue weighted by Gasteiger charge is 2.33. The van der Waals surface area contributed by atoms with Crippen LogP contribution < -0.4 is 5.32 Å². The maximum atomic E-state index is 5.85. The summed E-state index contributed by atoms with van der Waals surface area (Å²) in [6, 6.07) is 0.376. The maximum absolute atomic E-state index is 5.85. The van der Waals surface area contributed by atoms with Gasteiger partial charge in [-0.05, 0) is 18.4 Å². The lowest BCUT2D eigenvalue weighted by Gasteiger charge is -2.23. The number of piperidine rings is 1. The predicted molar refractivity (Wildman–Crippen MR) is 57.7 cm³/mol. The molecule has 3 nitrogen and oxygen atoms in total. The predicted octanol–water partition coefficient (Wildman–Crippen LogP) is 1.58. The van der Waals surface area contributed by atoms with Crippen molar-refractivity contribution in [1.29, 1.82) is 0 Å². The van der Waals surface area contributed by atoms with Crippen LogP contribution in [-0.2, 0) is 4.74 Å². The van der Waals surface area contributed by atoms with Crippen LogP contribution in [0.15, 0.2) is 4.99 Å². The van der Waals surface area contributed by atoms with E-state index in [-0.39, 0.29) is 5.41 Å². The van der Waals surface area contributed by atoms with Crippen molar-refractivity contribution in [3.05, 3.63) is 0 Å². The fraction of sp³-hybridized carbons (Fsp3) is 0.909. The van der Waals surface area contributed by atoms with Crippen molar-refractivity contribution < 1.29 is 4.74 Å². The third kappa shape index (κ3) is 2.27. The lowest BCUT2D eigenvalue weighted by Crippen LogP contribution is -2.41. The summed E-state index contributed by atoms with van der Waals surface area (Å²) in [6.07, 6.45) is 2.41. The second-order valence-electron chi connectivity index (χ2n) is 5.48. The molecular weight excluding hydrogens is 176 g/mol. The molecule has 2 unspecified atom stereocenters. The average Bonchev–Trinajstić information content (AvgIpc) is 2.42. The molecule has 2 aliphatic rings. The van der Waals surface area contributed by atoms with Gasteiger partial charge in [0.1, 0.15) is 12.1 Å². The monoisotopic (exact) mass is 196 g/mol. The van der Waals surface area contributed by atoms with Crippen LogP contribution in [0.2, 0.25) is 0 Å². The van der Waals surface area contributed by atoms with E-state index in [1.165, 1.54) is 0 Å². The zero-order chi connectivity index (χ0) is 10.2. The third-order valence-electron chi connectivity index (χ3n) is 2.67. The Hall–Kier alpha value is -0.570. The summed E-state index contributed by atoms with van der Waals surface area (Å²) in [5, 5.41) is 3.35. The van der Waals surface area contributed by atoms with Crippen LogP contribution in [0.1, 0.15) is 33.6 Å². The molecule has 0 aliphatic carbocycles. The lowest BCUT2D eigenvalue weighted by atomic mass is 9.92. The highest BCUT2D eigenvalue weighted by molar-refractivity contribution is 5.78. The third-order valence-corrected chi connectivity index (χ3v) is 2.67. The van der Waals surface area contributed by atoms with Gasteiger partial charge in [-0.3, -0.25) is 0 Å². The number of hydrogen-bond acceptors (Lipinski definition) is 3. The van der Waals surface area contributed by atoms with Crippen molar-refractivity contribution in [3.8, 4) is 0 Å². The molecule has 0 bridgehead atoms. The Balaban J connectivity index is 1.96. The minimum absolute atomic E-state index is 0.278. The van der Waals surface area contributed by atoms with Gasteiger partial charge in [-0.25, -0.2) is 4.99 Å². The van der Waals surface area contributed by atoms with Crippen molar-refractivity contribution in [1.82, 2.24) is 5.32 Å². The molecule has 0 aromatic rings. The summed E-state index contributed by atoms with van der Waals surface area (Å²) in [6.45, 7) is 8.72. The fourth-order valence-electron chi connectivity index (χ4n) is 2.02. The topological polar surface area (TPSA) is 33.6 Å². The summed E-state index contributed by atoms with van der Waals surface area (Å²) in [4.78, 5) is 4.63. The van der Waals surface area contributed by atoms with Crippen LogP contribution in [-0.4, -0.2) is 31.1 Å². The summed E-state index contributed by atoms with van der Waals surface area (Å²) >= 11 is 0. The van der Waals surface area contributed by atoms with E-state index in [9.17, 15) is 0 Å². The second-order valence-corrected chi connectivity index (χ2v) is 5.48. The van der Waals surface area contributed by atoms with E-state index in [1.54, 1.807) is 0 Å². The molecule has 1 fully saturated rings. The van der Waals surface area contributed by atoms with Crippen molar-refractivity contribution in [2.75, 3.05) is 13.1 Å². The quantitative estimate of drug-likeness (QED) is 0.691. The molecule has 2 aliphatic heterocycles. The second kappa shape index (κ2) is 3.54. The Bertz CT molecular complexity index is 242. The van der Waals surface area contributed by atoms with Crippen LogP contribution >= 0.6 is 0 Å². The maximum Gasteiger partial charge on any atom is 0.184 e. The van der Waals surface area contributed by atoms with Gasteiger partial charge in [-0.2, -0.15) is 0 Å². The Kier molecular flexibility index (Phi) is 2.52. The van der Waals surface area contributed by atoms with E-state index in [1.807, 2.05) is 0 Å². The molecule has 0 aromatic carbocycles. The van der Waals surface area contributed by atoms with Crippen LogP contribution in [0.5, 0.6) is 0 Å². The zero-order valence-corrected chi connectivity index (χ0v) is 9.34. The average molecular weight is 196 g/mol. The molecule has 80 valence electrons. The summed E-state index contributed by atoms with van der Waals surface area (Å²) in [5.74, 6) is 0.969. The molecule has 0 aromatic heterocycles. The van der Waals surface area contributed by atoms with Gasteiger partial charge in [0.25, 0.3) is 0 Å². The molecule has 0 spiro atoms. The standard InChI is InChI=1S/C11H20N2O/c1-11(2,3)6-10-13-8-7-12-5-4-9(8)14-10/h8-9,12H,4-7H2,1-3H3. The molecular formula is C11H20N2O. The summed E-state index contributed by atoms with van der Waals surface area (Å²) in [5.41, 5.74) is 0.278. The molecule has 0 radical (unpaired) electrons. The number of nitrogens with zero attached hydrogens (tertiary/aromatic N) is 1. The van der Waals surface area contributed by atoms with Crippen LogP contribution in [0.4, 0.5) is 0 Å². The highest BCUT2D eigenvalue weighted by atomic mass is 16.5. The Morgan fingerprint density at radius 2 is 2.29 bits per heavy atom. The van der Waals surface area contributed by atoms with Gasteiger partial charge in [-0.15, -0.1) is 0 Å². The number of ether oxygens (including phenoxy) is 1. The van der Waals surface area contributed by atoms with Crippen LogP contribution in [0.3, 0.4) is 0 Å². The van der Waals surface area contributed by atoms with Crippen LogP contribution in [0.25, 0.3) is 0 Å². The molecule has 2 heterocycles. The number of nitrogens with one attached hydrogen (secondary N) is 1. The first-order valence-electron chi connectivity index (χ1n) is 5.49. The zero-order valence-electron chi connectivity index (χ0n) is 9.34. The minimum atomic E-state index is 0.278. The SMILES string of the molecule is CC(C)(C)CC1=NC2CNCCC2O1. The first-order chi connectivity index (χ1) is 6.54. The molecule has 1 N–H and O–H groups in total. The van der Waals surface area contributed by atoms with Gasteiger partial charge in [0.05, 0.1) is 0 Å². The smallest absolute Gasteiger partial charge is 0.184 e. The lowest BCUT2D eigenvalue weighted by molar-refractivity contribution is 0.153. The van der Waals surface area contributed by atoms with E-state index in [0.717, 1.165) is 31.8 Å². The van der Waals surface area contributed by atoms with Gasteiger partial charge in [0, 0.05) is 13.0 Å². The van der Waals surface area contributed by atoms with Crippen molar-refractivity contribution in [3.63, 3.8) is 0 Å². The van der Waals surface area contributed by atoms with Crippen molar-refractivity contribution in [2.45, 2.75) is 45.8 Å². The summed E-state index contributed by atoms with van der Waals surface area (Å²) < 4.78 is 5.85. The Morgan fingerprint density at radius 1 is 1.50 bits per heavy atom. The minimum Gasteiger partial charge on any atom is -0.475 e. The Morgan fingerprint density at radius 3 is 2.93 bits per heavy atom. The molecule has 2 rings (SSSR count). The Labute approximate surface area is 85.9 Å². The first kappa shape index (κ1) is 9.97.